The largest absolute Gasteiger partial charge is 0.497 e. The summed E-state index contributed by atoms with van der Waals surface area (Å²) in [6.45, 7) is 0.878. The molecule has 0 spiro atoms. The summed E-state index contributed by atoms with van der Waals surface area (Å²) in [5, 5.41) is 17.3. The number of nitrogens with zero attached hydrogens (tertiary/aromatic N) is 2. The van der Waals surface area contributed by atoms with Gasteiger partial charge in [0.05, 0.1) is 12.0 Å². The van der Waals surface area contributed by atoms with E-state index in [9.17, 15) is 10.1 Å². The molecule has 0 aliphatic rings. The van der Waals surface area contributed by atoms with Crippen LogP contribution in [-0.4, -0.2) is 25.0 Å². The molecule has 2 aromatic rings. The van der Waals surface area contributed by atoms with Crippen LogP contribution < -0.4 is 15.4 Å². The Morgan fingerprint density at radius 2 is 1.92 bits per heavy atom. The van der Waals surface area contributed by atoms with Gasteiger partial charge in [-0.05, 0) is 17.7 Å². The molecule has 7 nitrogen and oxygen atoms in total. The van der Waals surface area contributed by atoms with Crippen LogP contribution in [-0.2, 0) is 13.1 Å². The minimum absolute atomic E-state index is 0.0910. The first-order valence-electron chi connectivity index (χ1n) is 7.43. The topological polar surface area (TPSA) is 88.8 Å². The molecule has 24 heavy (non-hydrogen) atoms. The van der Waals surface area contributed by atoms with E-state index in [1.54, 1.807) is 32.4 Å². The Labute approximate surface area is 140 Å². The van der Waals surface area contributed by atoms with Crippen molar-refractivity contribution >= 4 is 11.6 Å². The first-order chi connectivity index (χ1) is 11.6. The first-order valence-corrected chi connectivity index (χ1v) is 7.43. The van der Waals surface area contributed by atoms with Crippen molar-refractivity contribution in [3.8, 4) is 5.75 Å². The Morgan fingerprint density at radius 3 is 2.62 bits per heavy atom. The van der Waals surface area contributed by atoms with Crippen molar-refractivity contribution in [2.24, 2.45) is 4.99 Å². The average molecular weight is 328 g/mol. The predicted octanol–water partition coefficient (Wildman–Crippen LogP) is 2.47. The highest BCUT2D eigenvalue weighted by atomic mass is 16.6. The molecule has 0 heterocycles. The number of nitrogens with one attached hydrogen (secondary N) is 2. The Bertz CT molecular complexity index is 731. The van der Waals surface area contributed by atoms with Gasteiger partial charge in [-0.15, -0.1) is 0 Å². The summed E-state index contributed by atoms with van der Waals surface area (Å²) in [5.74, 6) is 1.35. The highest BCUT2D eigenvalue weighted by molar-refractivity contribution is 5.79. The molecule has 0 aromatic heterocycles. The van der Waals surface area contributed by atoms with Crippen LogP contribution in [0.15, 0.2) is 53.5 Å². The lowest BCUT2D eigenvalue weighted by Crippen LogP contribution is -2.36. The number of benzene rings is 2. The third-order valence-corrected chi connectivity index (χ3v) is 3.45. The fourth-order valence-corrected chi connectivity index (χ4v) is 2.21. The molecule has 126 valence electrons. The number of methoxy groups -OCH3 is 1. The molecule has 0 fully saturated rings. The molecule has 0 atom stereocenters. The number of hydrogen-bond acceptors (Lipinski definition) is 4. The summed E-state index contributed by atoms with van der Waals surface area (Å²) in [5.41, 5.74) is 1.74. The van der Waals surface area contributed by atoms with E-state index in [4.69, 9.17) is 4.74 Å². The van der Waals surface area contributed by atoms with E-state index in [2.05, 4.69) is 15.6 Å². The van der Waals surface area contributed by atoms with E-state index in [0.29, 0.717) is 24.6 Å². The molecule has 2 aromatic carbocycles. The second kappa shape index (κ2) is 8.52. The second-order valence-electron chi connectivity index (χ2n) is 5.02. The summed E-state index contributed by atoms with van der Waals surface area (Å²) < 4.78 is 5.19. The minimum atomic E-state index is -0.385. The maximum absolute atomic E-state index is 11.0. The van der Waals surface area contributed by atoms with Crippen molar-refractivity contribution in [2.75, 3.05) is 14.2 Å². The molecule has 0 amide bonds. The number of guanidine groups is 1. The zero-order valence-electron chi connectivity index (χ0n) is 13.7. The lowest BCUT2D eigenvalue weighted by molar-refractivity contribution is -0.385. The number of para-hydroxylation sites is 1. The van der Waals surface area contributed by atoms with Gasteiger partial charge in [-0.25, -0.2) is 0 Å². The average Bonchev–Trinajstić information content (AvgIpc) is 2.62. The van der Waals surface area contributed by atoms with E-state index in [1.807, 2.05) is 24.3 Å². The SMILES string of the molecule is CN=C(NCc1cccc(OC)c1)NCc1ccccc1[N+](=O)[O-]. The second-order valence-corrected chi connectivity index (χ2v) is 5.02. The summed E-state index contributed by atoms with van der Waals surface area (Å²) in [6, 6.07) is 14.3. The van der Waals surface area contributed by atoms with Gasteiger partial charge in [-0.1, -0.05) is 30.3 Å². The van der Waals surface area contributed by atoms with Crippen molar-refractivity contribution in [1.82, 2.24) is 10.6 Å². The van der Waals surface area contributed by atoms with Crippen molar-refractivity contribution < 1.29 is 9.66 Å². The van der Waals surface area contributed by atoms with Crippen LogP contribution in [0.4, 0.5) is 5.69 Å². The first kappa shape index (κ1) is 17.3. The number of nitro benzene ring substituents is 1. The predicted molar refractivity (Wildman–Crippen MR) is 93.1 cm³/mol. The molecular weight excluding hydrogens is 308 g/mol. The van der Waals surface area contributed by atoms with Crippen molar-refractivity contribution in [1.29, 1.82) is 0 Å². The fraction of sp³-hybridized carbons (Fsp3) is 0.235. The Kier molecular flexibility index (Phi) is 6.13. The van der Waals surface area contributed by atoms with Crippen molar-refractivity contribution in [3.05, 3.63) is 69.8 Å². The summed E-state index contributed by atoms with van der Waals surface area (Å²) in [6.07, 6.45) is 0. The van der Waals surface area contributed by atoms with Gasteiger partial charge in [0.15, 0.2) is 5.96 Å². The van der Waals surface area contributed by atoms with Crippen LogP contribution in [0.3, 0.4) is 0 Å². The normalized spacial score (nSPS) is 11.0. The van der Waals surface area contributed by atoms with Crippen LogP contribution in [0.1, 0.15) is 11.1 Å². The molecule has 0 aliphatic carbocycles. The monoisotopic (exact) mass is 328 g/mol. The van der Waals surface area contributed by atoms with Gasteiger partial charge in [0, 0.05) is 31.8 Å². The van der Waals surface area contributed by atoms with Gasteiger partial charge in [0.1, 0.15) is 5.75 Å². The molecule has 2 N–H and O–H groups in total. The Morgan fingerprint density at radius 1 is 1.17 bits per heavy atom. The maximum Gasteiger partial charge on any atom is 0.274 e. The van der Waals surface area contributed by atoms with E-state index >= 15 is 0 Å². The van der Waals surface area contributed by atoms with E-state index in [1.165, 1.54) is 6.07 Å². The maximum atomic E-state index is 11.0. The molecule has 0 radical (unpaired) electrons. The van der Waals surface area contributed by atoms with E-state index in [0.717, 1.165) is 11.3 Å². The molecule has 0 aliphatic heterocycles. The minimum Gasteiger partial charge on any atom is -0.497 e. The van der Waals surface area contributed by atoms with Gasteiger partial charge in [-0.2, -0.15) is 0 Å². The van der Waals surface area contributed by atoms with Gasteiger partial charge in [0.2, 0.25) is 0 Å². The molecule has 7 heteroatoms. The summed E-state index contributed by atoms with van der Waals surface area (Å²) in [7, 11) is 3.28. The number of nitro groups is 1. The van der Waals surface area contributed by atoms with Crippen LogP contribution in [0, 0.1) is 10.1 Å². The number of hydrogen-bond donors (Lipinski definition) is 2. The fourth-order valence-electron chi connectivity index (χ4n) is 2.21. The smallest absolute Gasteiger partial charge is 0.274 e. The molecular formula is C17H20N4O3. The Balaban J connectivity index is 1.94. The molecule has 0 saturated carbocycles. The number of rotatable bonds is 6. The summed E-state index contributed by atoms with van der Waals surface area (Å²) in [4.78, 5) is 14.8. The quantitative estimate of drug-likeness (QED) is 0.368. The van der Waals surface area contributed by atoms with Crippen molar-refractivity contribution in [2.45, 2.75) is 13.1 Å². The third-order valence-electron chi connectivity index (χ3n) is 3.45. The highest BCUT2D eigenvalue weighted by Gasteiger charge is 2.12. The molecule has 0 unspecified atom stereocenters. The van der Waals surface area contributed by atoms with Crippen molar-refractivity contribution in [3.63, 3.8) is 0 Å². The lowest BCUT2D eigenvalue weighted by atomic mass is 10.2. The highest BCUT2D eigenvalue weighted by Crippen LogP contribution is 2.17. The van der Waals surface area contributed by atoms with Crippen LogP contribution in [0.5, 0.6) is 5.75 Å². The van der Waals surface area contributed by atoms with E-state index in [-0.39, 0.29) is 10.6 Å². The molecule has 0 bridgehead atoms. The Hall–Kier alpha value is -3.09. The van der Waals surface area contributed by atoms with Gasteiger partial charge < -0.3 is 15.4 Å². The third kappa shape index (κ3) is 4.70. The van der Waals surface area contributed by atoms with Gasteiger partial charge in [0.25, 0.3) is 5.69 Å². The summed E-state index contributed by atoms with van der Waals surface area (Å²) >= 11 is 0. The lowest BCUT2D eigenvalue weighted by Gasteiger charge is -2.12. The zero-order chi connectivity index (χ0) is 17.4. The van der Waals surface area contributed by atoms with Crippen LogP contribution in [0.25, 0.3) is 0 Å². The van der Waals surface area contributed by atoms with Gasteiger partial charge in [-0.3, -0.25) is 15.1 Å². The van der Waals surface area contributed by atoms with Crippen LogP contribution in [0.2, 0.25) is 0 Å². The zero-order valence-corrected chi connectivity index (χ0v) is 13.7. The van der Waals surface area contributed by atoms with Gasteiger partial charge >= 0.3 is 0 Å². The molecule has 0 saturated heterocycles. The number of ether oxygens (including phenoxy) is 1. The standard InChI is InChI=1S/C17H20N4O3/c1-18-17(19-11-13-6-5-8-15(10-13)24-2)20-12-14-7-3-4-9-16(14)21(22)23/h3-10H,11-12H2,1-2H3,(H2,18,19,20). The van der Waals surface area contributed by atoms with E-state index < -0.39 is 0 Å². The number of aliphatic imine (C=N–C) groups is 1. The molecule has 2 rings (SSSR count). The van der Waals surface area contributed by atoms with Crippen LogP contribution >= 0.6 is 0 Å².